The fraction of sp³-hybridized carbons (Fsp3) is 0.484. The summed E-state index contributed by atoms with van der Waals surface area (Å²) in [5.74, 6) is 5.44. The van der Waals surface area contributed by atoms with Gasteiger partial charge in [-0.25, -0.2) is 17.8 Å². The zero-order valence-electron chi connectivity index (χ0n) is 25.4. The largest absolute Gasteiger partial charge is 0.495 e. The van der Waals surface area contributed by atoms with Gasteiger partial charge in [0, 0.05) is 44.2 Å². The Morgan fingerprint density at radius 3 is 2.61 bits per heavy atom. The number of anilines is 1. The minimum absolute atomic E-state index is 0.0141. The molecule has 5 rings (SSSR count). The second-order valence-corrected chi connectivity index (χ2v) is 13.4. The molecular formula is C31H35F4N5O5S. The van der Waals surface area contributed by atoms with Crippen molar-refractivity contribution in [1.29, 1.82) is 0 Å². The molecule has 3 heterocycles. The minimum Gasteiger partial charge on any atom is -0.495 e. The van der Waals surface area contributed by atoms with Gasteiger partial charge in [0.2, 0.25) is 0 Å². The summed E-state index contributed by atoms with van der Waals surface area (Å²) in [5.41, 5.74) is 0.699. The zero-order chi connectivity index (χ0) is 33.1. The summed E-state index contributed by atoms with van der Waals surface area (Å²) in [6.45, 7) is 0.727. The van der Waals surface area contributed by atoms with Crippen molar-refractivity contribution in [3.05, 3.63) is 47.8 Å². The molecule has 2 aliphatic heterocycles. The Bertz CT molecular complexity index is 1750. The number of fused-ring (bicyclic) bond motifs is 1. The monoisotopic (exact) mass is 665 g/mol. The molecule has 248 valence electrons. The SMILES string of the molecule is COc1ccc(S(C)(=O)=O)cc1NCC#Cc1cc(C(=O)N[C@H]2CCN(C3CCOCC3)C[C@@H]2F)c2ncn(CC(F)(F)F)c2c1. The van der Waals surface area contributed by atoms with Crippen LogP contribution >= 0.6 is 0 Å². The first-order valence-corrected chi connectivity index (χ1v) is 16.6. The predicted octanol–water partition coefficient (Wildman–Crippen LogP) is 3.80. The maximum Gasteiger partial charge on any atom is 0.406 e. The van der Waals surface area contributed by atoms with E-state index >= 15 is 4.39 Å². The molecule has 0 radical (unpaired) electrons. The van der Waals surface area contributed by atoms with Gasteiger partial charge in [-0.2, -0.15) is 13.2 Å². The lowest BCUT2D eigenvalue weighted by molar-refractivity contribution is -0.139. The van der Waals surface area contributed by atoms with Gasteiger partial charge >= 0.3 is 6.18 Å². The van der Waals surface area contributed by atoms with Crippen LogP contribution in [0.15, 0.2) is 41.6 Å². The highest BCUT2D eigenvalue weighted by Gasteiger charge is 2.35. The summed E-state index contributed by atoms with van der Waals surface area (Å²) >= 11 is 0. The lowest BCUT2D eigenvalue weighted by Gasteiger charge is -2.40. The van der Waals surface area contributed by atoms with Crippen LogP contribution in [0.25, 0.3) is 11.0 Å². The second kappa shape index (κ2) is 13.9. The van der Waals surface area contributed by atoms with E-state index in [0.717, 1.165) is 30.0 Å². The molecule has 0 unspecified atom stereocenters. The van der Waals surface area contributed by atoms with E-state index in [0.29, 0.717) is 37.6 Å². The van der Waals surface area contributed by atoms with Crippen LogP contribution in [-0.4, -0.2) is 99.4 Å². The van der Waals surface area contributed by atoms with Gasteiger partial charge in [0.15, 0.2) is 9.84 Å². The van der Waals surface area contributed by atoms with Crippen LogP contribution in [0, 0.1) is 11.8 Å². The molecule has 2 atom stereocenters. The Morgan fingerprint density at radius 1 is 1.17 bits per heavy atom. The number of aromatic nitrogens is 2. The molecule has 46 heavy (non-hydrogen) atoms. The van der Waals surface area contributed by atoms with Gasteiger partial charge < -0.3 is 24.7 Å². The number of alkyl halides is 4. The van der Waals surface area contributed by atoms with E-state index in [2.05, 4.69) is 32.4 Å². The number of piperidine rings is 1. The fourth-order valence-electron chi connectivity index (χ4n) is 5.79. The molecule has 10 nitrogen and oxygen atoms in total. The predicted molar refractivity (Wildman–Crippen MR) is 163 cm³/mol. The zero-order valence-corrected chi connectivity index (χ0v) is 26.2. The first-order chi connectivity index (χ1) is 21.8. The number of imidazole rings is 1. The first kappa shape index (κ1) is 33.5. The maximum atomic E-state index is 15.3. The number of hydrogen-bond donors (Lipinski definition) is 2. The van der Waals surface area contributed by atoms with Gasteiger partial charge in [-0.1, -0.05) is 11.8 Å². The molecule has 0 aliphatic carbocycles. The van der Waals surface area contributed by atoms with Crippen LogP contribution in [-0.2, 0) is 21.1 Å². The van der Waals surface area contributed by atoms with E-state index in [9.17, 15) is 26.4 Å². The van der Waals surface area contributed by atoms with E-state index in [1.54, 1.807) is 0 Å². The van der Waals surface area contributed by atoms with Gasteiger partial charge in [0.05, 0.1) is 47.7 Å². The number of nitrogens with one attached hydrogen (secondary N) is 2. The van der Waals surface area contributed by atoms with Crippen molar-refractivity contribution in [3.63, 3.8) is 0 Å². The van der Waals surface area contributed by atoms with Crippen LogP contribution in [0.5, 0.6) is 5.75 Å². The standard InChI is InChI=1S/C31H35F4N5O5S/c1-44-28-6-5-22(46(2,42)43)16-26(28)36-10-3-4-20-14-23(29-27(15-20)40(19-37-29)18-31(33,34)35)30(41)38-25-7-11-39(17-24(25)32)21-8-12-45-13-9-21/h5-6,14-16,19,21,24-25,36H,7-13,17-18H2,1-2H3,(H,38,41)/t24-,25-/m0/s1. The van der Waals surface area contributed by atoms with Crippen molar-refractivity contribution in [1.82, 2.24) is 19.8 Å². The normalized spacial score (nSPS) is 19.8. The number of sulfone groups is 1. The Balaban J connectivity index is 1.37. The lowest BCUT2D eigenvalue weighted by atomic mass is 9.97. The molecule has 2 aromatic carbocycles. The molecule has 0 spiro atoms. The second-order valence-electron chi connectivity index (χ2n) is 11.4. The van der Waals surface area contributed by atoms with Gasteiger partial charge in [0.1, 0.15) is 24.0 Å². The van der Waals surface area contributed by atoms with Gasteiger partial charge in [0.25, 0.3) is 5.91 Å². The van der Waals surface area contributed by atoms with E-state index < -0.39 is 40.7 Å². The number of hydrogen-bond acceptors (Lipinski definition) is 8. The van der Waals surface area contributed by atoms with E-state index in [1.807, 2.05) is 0 Å². The number of benzene rings is 2. The third kappa shape index (κ3) is 8.09. The number of methoxy groups -OCH3 is 1. The smallest absolute Gasteiger partial charge is 0.406 e. The molecular weight excluding hydrogens is 630 g/mol. The summed E-state index contributed by atoms with van der Waals surface area (Å²) in [6, 6.07) is 6.62. The summed E-state index contributed by atoms with van der Waals surface area (Å²) in [5, 5.41) is 5.73. The molecule has 1 aromatic heterocycles. The third-order valence-electron chi connectivity index (χ3n) is 8.12. The van der Waals surface area contributed by atoms with E-state index in [4.69, 9.17) is 9.47 Å². The van der Waals surface area contributed by atoms with Crippen LogP contribution < -0.4 is 15.4 Å². The van der Waals surface area contributed by atoms with Crippen LogP contribution in [0.1, 0.15) is 35.2 Å². The Labute approximate surface area is 264 Å². The molecule has 2 saturated heterocycles. The van der Waals surface area contributed by atoms with E-state index in [1.165, 1.54) is 37.4 Å². The number of carbonyl (C=O) groups excluding carboxylic acids is 1. The molecule has 2 fully saturated rings. The van der Waals surface area contributed by atoms with E-state index in [-0.39, 0.29) is 46.2 Å². The highest BCUT2D eigenvalue weighted by atomic mass is 32.2. The summed E-state index contributed by atoms with van der Waals surface area (Å²) < 4.78 is 90.8. The van der Waals surface area contributed by atoms with Crippen molar-refractivity contribution in [3.8, 4) is 17.6 Å². The van der Waals surface area contributed by atoms with Crippen molar-refractivity contribution in [2.24, 2.45) is 0 Å². The number of likely N-dealkylation sites (tertiary alicyclic amines) is 1. The van der Waals surface area contributed by atoms with Crippen molar-refractivity contribution < 1.29 is 40.2 Å². The lowest BCUT2D eigenvalue weighted by Crippen LogP contribution is -2.55. The first-order valence-electron chi connectivity index (χ1n) is 14.8. The van der Waals surface area contributed by atoms with Gasteiger partial charge in [-0.3, -0.25) is 9.69 Å². The van der Waals surface area contributed by atoms with Gasteiger partial charge in [-0.15, -0.1) is 0 Å². The maximum absolute atomic E-state index is 15.3. The average Bonchev–Trinajstić information content (AvgIpc) is 3.40. The molecule has 3 aromatic rings. The number of carbonyl (C=O) groups is 1. The average molecular weight is 666 g/mol. The molecule has 15 heteroatoms. The number of amides is 1. The number of nitrogens with zero attached hydrogens (tertiary/aromatic N) is 3. The summed E-state index contributed by atoms with van der Waals surface area (Å²) in [7, 11) is -2.05. The number of halogens is 4. The molecule has 0 bridgehead atoms. The fourth-order valence-corrected chi connectivity index (χ4v) is 6.44. The minimum atomic E-state index is -4.54. The van der Waals surface area contributed by atoms with Crippen LogP contribution in [0.4, 0.5) is 23.2 Å². The molecule has 2 aliphatic rings. The van der Waals surface area contributed by atoms with Crippen LogP contribution in [0.2, 0.25) is 0 Å². The molecule has 2 N–H and O–H groups in total. The quantitative estimate of drug-likeness (QED) is 0.276. The summed E-state index contributed by atoms with van der Waals surface area (Å²) in [4.78, 5) is 19.8. The van der Waals surface area contributed by atoms with Gasteiger partial charge in [-0.05, 0) is 49.6 Å². The van der Waals surface area contributed by atoms with Crippen molar-refractivity contribution in [2.75, 3.05) is 51.5 Å². The molecule has 0 saturated carbocycles. The third-order valence-corrected chi connectivity index (χ3v) is 9.23. The highest BCUT2D eigenvalue weighted by molar-refractivity contribution is 7.90. The number of ether oxygens (including phenoxy) is 2. The Hall–Kier alpha value is -3.87. The highest BCUT2D eigenvalue weighted by Crippen LogP contribution is 2.28. The van der Waals surface area contributed by atoms with Crippen molar-refractivity contribution in [2.45, 2.75) is 55.1 Å². The van der Waals surface area contributed by atoms with Crippen LogP contribution in [0.3, 0.4) is 0 Å². The topological polar surface area (TPSA) is 115 Å². The Kier molecular flexibility index (Phi) is 10.1. The molecule has 1 amide bonds. The Morgan fingerprint density at radius 2 is 1.93 bits per heavy atom. The summed E-state index contributed by atoms with van der Waals surface area (Å²) in [6.07, 6.45) is -1.74. The number of rotatable bonds is 8. The van der Waals surface area contributed by atoms with Crippen molar-refractivity contribution >= 4 is 32.5 Å².